The average Bonchev–Trinajstić information content (AvgIpc) is 2.09. The number of aryl methyl sites for hydroxylation is 1. The fraction of sp³-hybridized carbons (Fsp3) is 0.400. The first-order valence-corrected chi connectivity index (χ1v) is 5.18. The van der Waals surface area contributed by atoms with Gasteiger partial charge in [0.15, 0.2) is 0 Å². The molecule has 0 N–H and O–H groups in total. The molecule has 0 spiro atoms. The van der Waals surface area contributed by atoms with Gasteiger partial charge in [0.05, 0.1) is 0 Å². The molecule has 0 aliphatic rings. The van der Waals surface area contributed by atoms with Gasteiger partial charge in [0, 0.05) is 4.90 Å². The van der Waals surface area contributed by atoms with Crippen LogP contribution in [0.25, 0.3) is 0 Å². The summed E-state index contributed by atoms with van der Waals surface area (Å²) in [7, 11) is 0. The summed E-state index contributed by atoms with van der Waals surface area (Å²) in [5.74, 6) is 0.885. The molecule has 0 amide bonds. The zero-order valence-electron chi connectivity index (χ0n) is 7.43. The lowest BCUT2D eigenvalue weighted by Crippen LogP contribution is -1.89. The van der Waals surface area contributed by atoms with E-state index in [4.69, 9.17) is 0 Å². The quantitative estimate of drug-likeness (QED) is 0.648. The zero-order valence-corrected chi connectivity index (χ0v) is 8.25. The fourth-order valence-electron chi connectivity index (χ4n) is 1.10. The SMILES string of the molecule is CCSc1cccc(CC)c1F. The molecule has 0 unspecified atom stereocenters. The number of benzene rings is 1. The molecule has 0 nitrogen and oxygen atoms in total. The van der Waals surface area contributed by atoms with Crippen LogP contribution in [0.5, 0.6) is 0 Å². The minimum Gasteiger partial charge on any atom is -0.205 e. The highest BCUT2D eigenvalue weighted by Gasteiger charge is 2.04. The van der Waals surface area contributed by atoms with E-state index in [-0.39, 0.29) is 5.82 Å². The molecule has 0 fully saturated rings. The van der Waals surface area contributed by atoms with Crippen molar-refractivity contribution < 1.29 is 4.39 Å². The van der Waals surface area contributed by atoms with Gasteiger partial charge in [-0.15, -0.1) is 11.8 Å². The molecular weight excluding hydrogens is 171 g/mol. The first-order chi connectivity index (χ1) is 5.79. The Morgan fingerprint density at radius 2 is 2.08 bits per heavy atom. The van der Waals surface area contributed by atoms with Crippen molar-refractivity contribution in [1.29, 1.82) is 0 Å². The molecule has 0 heterocycles. The van der Waals surface area contributed by atoms with Gasteiger partial charge in [-0.25, -0.2) is 4.39 Å². The third-order valence-corrected chi connectivity index (χ3v) is 2.64. The molecule has 1 aromatic rings. The molecule has 0 atom stereocenters. The zero-order chi connectivity index (χ0) is 8.97. The lowest BCUT2D eigenvalue weighted by molar-refractivity contribution is 0.586. The van der Waals surface area contributed by atoms with E-state index in [2.05, 4.69) is 0 Å². The number of hydrogen-bond donors (Lipinski definition) is 0. The second-order valence-electron chi connectivity index (χ2n) is 2.52. The molecule has 12 heavy (non-hydrogen) atoms. The van der Waals surface area contributed by atoms with Crippen molar-refractivity contribution >= 4 is 11.8 Å². The van der Waals surface area contributed by atoms with Gasteiger partial charge in [0.2, 0.25) is 0 Å². The minimum atomic E-state index is -0.0353. The van der Waals surface area contributed by atoms with Crippen molar-refractivity contribution in [3.8, 4) is 0 Å². The van der Waals surface area contributed by atoms with E-state index in [0.29, 0.717) is 0 Å². The average molecular weight is 184 g/mol. The van der Waals surface area contributed by atoms with Crippen LogP contribution in [0.1, 0.15) is 19.4 Å². The van der Waals surface area contributed by atoms with Crippen LogP contribution in [-0.4, -0.2) is 5.75 Å². The second kappa shape index (κ2) is 4.51. The maximum atomic E-state index is 13.4. The lowest BCUT2D eigenvalue weighted by atomic mass is 10.2. The van der Waals surface area contributed by atoms with Gasteiger partial charge in [-0.05, 0) is 23.8 Å². The molecule has 0 aromatic heterocycles. The van der Waals surface area contributed by atoms with Crippen LogP contribution >= 0.6 is 11.8 Å². The van der Waals surface area contributed by atoms with E-state index < -0.39 is 0 Å². The van der Waals surface area contributed by atoms with Gasteiger partial charge in [-0.3, -0.25) is 0 Å². The van der Waals surface area contributed by atoms with Crippen molar-refractivity contribution in [2.45, 2.75) is 25.2 Å². The van der Waals surface area contributed by atoms with Gasteiger partial charge >= 0.3 is 0 Å². The summed E-state index contributed by atoms with van der Waals surface area (Å²) < 4.78 is 13.4. The highest BCUT2D eigenvalue weighted by Crippen LogP contribution is 2.23. The van der Waals surface area contributed by atoms with E-state index in [1.54, 1.807) is 11.8 Å². The third kappa shape index (κ3) is 2.01. The van der Waals surface area contributed by atoms with Gasteiger partial charge < -0.3 is 0 Å². The minimum absolute atomic E-state index is 0.0353. The van der Waals surface area contributed by atoms with Crippen LogP contribution in [-0.2, 0) is 6.42 Å². The van der Waals surface area contributed by atoms with E-state index in [1.807, 2.05) is 32.0 Å². The Hall–Kier alpha value is -0.500. The normalized spacial score (nSPS) is 10.2. The number of hydrogen-bond acceptors (Lipinski definition) is 1. The van der Waals surface area contributed by atoms with Gasteiger partial charge in [0.1, 0.15) is 5.82 Å². The van der Waals surface area contributed by atoms with Crippen LogP contribution in [0.4, 0.5) is 4.39 Å². The Bertz CT molecular complexity index is 258. The molecule has 1 aromatic carbocycles. The van der Waals surface area contributed by atoms with Crippen LogP contribution in [0.2, 0.25) is 0 Å². The van der Waals surface area contributed by atoms with Gasteiger partial charge in [-0.1, -0.05) is 26.0 Å². The number of thioether (sulfide) groups is 1. The van der Waals surface area contributed by atoms with E-state index in [9.17, 15) is 4.39 Å². The molecule has 0 aliphatic heterocycles. The molecule has 2 heteroatoms. The summed E-state index contributed by atoms with van der Waals surface area (Å²) in [6.07, 6.45) is 0.768. The topological polar surface area (TPSA) is 0 Å². The van der Waals surface area contributed by atoms with Crippen LogP contribution < -0.4 is 0 Å². The molecule has 0 saturated carbocycles. The largest absolute Gasteiger partial charge is 0.205 e. The third-order valence-electron chi connectivity index (χ3n) is 1.72. The standard InChI is InChI=1S/C10H13FS/c1-3-8-6-5-7-9(10(8)11)12-4-2/h5-7H,3-4H2,1-2H3. The Morgan fingerprint density at radius 1 is 1.33 bits per heavy atom. The monoisotopic (exact) mass is 184 g/mol. The predicted octanol–water partition coefficient (Wildman–Crippen LogP) is 3.50. The fourth-order valence-corrected chi connectivity index (χ4v) is 1.84. The highest BCUT2D eigenvalue weighted by molar-refractivity contribution is 7.99. The molecule has 66 valence electrons. The highest BCUT2D eigenvalue weighted by atomic mass is 32.2. The first-order valence-electron chi connectivity index (χ1n) is 4.19. The van der Waals surface area contributed by atoms with Crippen molar-refractivity contribution in [2.24, 2.45) is 0 Å². The number of halogens is 1. The smallest absolute Gasteiger partial charge is 0.139 e. The summed E-state index contributed by atoms with van der Waals surface area (Å²) in [5, 5.41) is 0. The summed E-state index contributed by atoms with van der Waals surface area (Å²) in [6.45, 7) is 4.00. The summed E-state index contributed by atoms with van der Waals surface area (Å²) in [6, 6.07) is 5.59. The Morgan fingerprint density at radius 3 is 2.67 bits per heavy atom. The van der Waals surface area contributed by atoms with E-state index in [1.165, 1.54) is 0 Å². The molecule has 0 saturated heterocycles. The van der Waals surface area contributed by atoms with Crippen molar-refractivity contribution in [2.75, 3.05) is 5.75 Å². The van der Waals surface area contributed by atoms with Crippen molar-refractivity contribution in [3.05, 3.63) is 29.6 Å². The summed E-state index contributed by atoms with van der Waals surface area (Å²) >= 11 is 1.56. The van der Waals surface area contributed by atoms with Gasteiger partial charge in [0.25, 0.3) is 0 Å². The van der Waals surface area contributed by atoms with Gasteiger partial charge in [-0.2, -0.15) is 0 Å². The molecular formula is C10H13FS. The second-order valence-corrected chi connectivity index (χ2v) is 3.82. The summed E-state index contributed by atoms with van der Waals surface area (Å²) in [4.78, 5) is 0.775. The van der Waals surface area contributed by atoms with Crippen molar-refractivity contribution in [3.63, 3.8) is 0 Å². The lowest BCUT2D eigenvalue weighted by Gasteiger charge is -2.04. The molecule has 0 bridgehead atoms. The Kier molecular flexibility index (Phi) is 3.60. The summed E-state index contributed by atoms with van der Waals surface area (Å²) in [5.41, 5.74) is 0.813. The van der Waals surface area contributed by atoms with E-state index in [0.717, 1.165) is 22.6 Å². The predicted molar refractivity (Wildman–Crippen MR) is 52.2 cm³/mol. The molecule has 1 rings (SSSR count). The first kappa shape index (κ1) is 9.59. The maximum absolute atomic E-state index is 13.4. The number of rotatable bonds is 3. The van der Waals surface area contributed by atoms with Crippen molar-refractivity contribution in [1.82, 2.24) is 0 Å². The maximum Gasteiger partial charge on any atom is 0.139 e. The van der Waals surface area contributed by atoms with Crippen LogP contribution in [0.3, 0.4) is 0 Å². The van der Waals surface area contributed by atoms with E-state index >= 15 is 0 Å². The van der Waals surface area contributed by atoms with Crippen LogP contribution in [0.15, 0.2) is 23.1 Å². The Labute approximate surface area is 77.2 Å². The molecule has 0 radical (unpaired) electrons. The van der Waals surface area contributed by atoms with Crippen LogP contribution in [0, 0.1) is 5.82 Å². The molecule has 0 aliphatic carbocycles. The Balaban J connectivity index is 2.97.